The SMILES string of the molecule is CCC(CC)c1nnc(NC(=O)Nc2ccc(Cl)c(Cl)c2)s1. The second-order valence-electron chi connectivity index (χ2n) is 4.67. The number of hydrogen-bond acceptors (Lipinski definition) is 4. The molecule has 22 heavy (non-hydrogen) atoms. The number of benzene rings is 1. The van der Waals surface area contributed by atoms with Gasteiger partial charge < -0.3 is 5.32 Å². The Morgan fingerprint density at radius 1 is 1.18 bits per heavy atom. The average molecular weight is 359 g/mol. The van der Waals surface area contributed by atoms with E-state index in [0.29, 0.717) is 26.8 Å². The molecule has 1 aromatic carbocycles. The fraction of sp³-hybridized carbons (Fsp3) is 0.357. The van der Waals surface area contributed by atoms with Gasteiger partial charge in [-0.2, -0.15) is 0 Å². The summed E-state index contributed by atoms with van der Waals surface area (Å²) >= 11 is 13.1. The van der Waals surface area contributed by atoms with Gasteiger partial charge in [-0.15, -0.1) is 10.2 Å². The van der Waals surface area contributed by atoms with Gasteiger partial charge in [-0.3, -0.25) is 5.32 Å². The van der Waals surface area contributed by atoms with Crippen LogP contribution in [0.5, 0.6) is 0 Å². The molecule has 1 heterocycles. The summed E-state index contributed by atoms with van der Waals surface area (Å²) in [4.78, 5) is 11.9. The normalized spacial score (nSPS) is 10.8. The average Bonchev–Trinajstić information content (AvgIpc) is 2.92. The van der Waals surface area contributed by atoms with Crippen molar-refractivity contribution in [2.75, 3.05) is 10.6 Å². The molecular formula is C14H16Cl2N4OS. The van der Waals surface area contributed by atoms with Crippen molar-refractivity contribution in [2.45, 2.75) is 32.6 Å². The van der Waals surface area contributed by atoms with Crippen LogP contribution in [0.15, 0.2) is 18.2 Å². The monoisotopic (exact) mass is 358 g/mol. The Labute approximate surface area is 143 Å². The van der Waals surface area contributed by atoms with Crippen LogP contribution in [-0.2, 0) is 0 Å². The summed E-state index contributed by atoms with van der Waals surface area (Å²) in [5, 5.41) is 15.7. The summed E-state index contributed by atoms with van der Waals surface area (Å²) in [6, 6.07) is 4.48. The Bertz CT molecular complexity index is 658. The van der Waals surface area contributed by atoms with E-state index >= 15 is 0 Å². The van der Waals surface area contributed by atoms with E-state index in [1.165, 1.54) is 11.3 Å². The van der Waals surface area contributed by atoms with E-state index in [-0.39, 0.29) is 0 Å². The van der Waals surface area contributed by atoms with Gasteiger partial charge in [-0.1, -0.05) is 48.4 Å². The van der Waals surface area contributed by atoms with Gasteiger partial charge in [-0.25, -0.2) is 4.79 Å². The van der Waals surface area contributed by atoms with Gasteiger partial charge in [0.2, 0.25) is 5.13 Å². The predicted octanol–water partition coefficient (Wildman–Crippen LogP) is 5.39. The highest BCUT2D eigenvalue weighted by molar-refractivity contribution is 7.15. The highest BCUT2D eigenvalue weighted by Gasteiger charge is 2.14. The molecule has 2 N–H and O–H groups in total. The van der Waals surface area contributed by atoms with Crippen molar-refractivity contribution in [1.82, 2.24) is 10.2 Å². The first kappa shape index (κ1) is 17.0. The summed E-state index contributed by atoms with van der Waals surface area (Å²) in [7, 11) is 0. The molecule has 0 aliphatic heterocycles. The lowest BCUT2D eigenvalue weighted by Crippen LogP contribution is -2.19. The van der Waals surface area contributed by atoms with Crippen LogP contribution in [0, 0.1) is 0 Å². The van der Waals surface area contributed by atoms with Crippen LogP contribution in [0.4, 0.5) is 15.6 Å². The molecule has 0 unspecified atom stereocenters. The Hall–Kier alpha value is -1.37. The van der Waals surface area contributed by atoms with Gasteiger partial charge in [0.25, 0.3) is 0 Å². The number of rotatable bonds is 5. The van der Waals surface area contributed by atoms with E-state index in [4.69, 9.17) is 23.2 Å². The molecule has 0 radical (unpaired) electrons. The zero-order valence-electron chi connectivity index (χ0n) is 12.2. The van der Waals surface area contributed by atoms with Crippen LogP contribution in [0.1, 0.15) is 37.6 Å². The van der Waals surface area contributed by atoms with E-state index in [1.807, 2.05) is 0 Å². The van der Waals surface area contributed by atoms with Crippen molar-refractivity contribution < 1.29 is 4.79 Å². The molecule has 2 rings (SSSR count). The second-order valence-corrected chi connectivity index (χ2v) is 6.49. The molecule has 0 bridgehead atoms. The van der Waals surface area contributed by atoms with Crippen LogP contribution in [-0.4, -0.2) is 16.2 Å². The van der Waals surface area contributed by atoms with Gasteiger partial charge in [0, 0.05) is 11.6 Å². The first-order chi connectivity index (χ1) is 10.5. The highest BCUT2D eigenvalue weighted by Crippen LogP contribution is 2.28. The lowest BCUT2D eigenvalue weighted by molar-refractivity contribution is 0.262. The van der Waals surface area contributed by atoms with E-state index in [9.17, 15) is 4.79 Å². The molecule has 0 aliphatic carbocycles. The standard InChI is InChI=1S/C14H16Cl2N4OS/c1-3-8(4-2)12-19-20-14(22-12)18-13(21)17-9-5-6-10(15)11(16)7-9/h5-8H,3-4H2,1-2H3,(H2,17,18,20,21). The number of hydrogen-bond donors (Lipinski definition) is 2. The van der Waals surface area contributed by atoms with Gasteiger partial charge in [0.15, 0.2) is 0 Å². The number of urea groups is 1. The summed E-state index contributed by atoms with van der Waals surface area (Å²) in [6.07, 6.45) is 2.00. The van der Waals surface area contributed by atoms with E-state index in [0.717, 1.165) is 17.8 Å². The van der Waals surface area contributed by atoms with E-state index in [2.05, 4.69) is 34.7 Å². The van der Waals surface area contributed by atoms with Crippen LogP contribution < -0.4 is 10.6 Å². The minimum Gasteiger partial charge on any atom is -0.308 e. The zero-order valence-corrected chi connectivity index (χ0v) is 14.5. The maximum Gasteiger partial charge on any atom is 0.325 e. The smallest absolute Gasteiger partial charge is 0.308 e. The fourth-order valence-corrected chi connectivity index (χ4v) is 3.22. The Balaban J connectivity index is 1.98. The quantitative estimate of drug-likeness (QED) is 0.752. The molecule has 118 valence electrons. The number of nitrogens with zero attached hydrogens (tertiary/aromatic N) is 2. The summed E-state index contributed by atoms with van der Waals surface area (Å²) < 4.78 is 0. The second kappa shape index (κ2) is 7.76. The lowest BCUT2D eigenvalue weighted by atomic mass is 10.1. The third kappa shape index (κ3) is 4.32. The topological polar surface area (TPSA) is 66.9 Å². The molecule has 5 nitrogen and oxygen atoms in total. The summed E-state index contributed by atoms with van der Waals surface area (Å²) in [5.41, 5.74) is 0.552. The Kier molecular flexibility index (Phi) is 5.99. The van der Waals surface area contributed by atoms with Crippen molar-refractivity contribution >= 4 is 51.4 Å². The molecule has 1 aromatic heterocycles. The minimum atomic E-state index is -0.398. The number of carbonyl (C=O) groups excluding carboxylic acids is 1. The minimum absolute atomic E-state index is 0.381. The Morgan fingerprint density at radius 3 is 2.55 bits per heavy atom. The maximum atomic E-state index is 11.9. The molecule has 0 saturated carbocycles. The molecular weight excluding hydrogens is 343 g/mol. The summed E-state index contributed by atoms with van der Waals surface area (Å²) in [6.45, 7) is 4.22. The van der Waals surface area contributed by atoms with Crippen molar-refractivity contribution in [2.24, 2.45) is 0 Å². The molecule has 2 aromatic rings. The molecule has 2 amide bonds. The third-order valence-corrected chi connectivity index (χ3v) is 4.91. The van der Waals surface area contributed by atoms with Crippen molar-refractivity contribution in [1.29, 1.82) is 0 Å². The first-order valence-electron chi connectivity index (χ1n) is 6.89. The molecule has 0 aliphatic rings. The molecule has 0 fully saturated rings. The van der Waals surface area contributed by atoms with Crippen molar-refractivity contribution in [3.05, 3.63) is 33.3 Å². The van der Waals surface area contributed by atoms with Crippen LogP contribution >= 0.6 is 34.5 Å². The molecule has 8 heteroatoms. The molecule has 0 saturated heterocycles. The number of amides is 2. The highest BCUT2D eigenvalue weighted by atomic mass is 35.5. The zero-order chi connectivity index (χ0) is 16.1. The predicted molar refractivity (Wildman–Crippen MR) is 92.3 cm³/mol. The van der Waals surface area contributed by atoms with E-state index in [1.54, 1.807) is 18.2 Å². The van der Waals surface area contributed by atoms with Crippen LogP contribution in [0.25, 0.3) is 0 Å². The Morgan fingerprint density at radius 2 is 1.91 bits per heavy atom. The fourth-order valence-electron chi connectivity index (χ4n) is 1.92. The largest absolute Gasteiger partial charge is 0.325 e. The number of halogens is 2. The number of nitrogens with one attached hydrogen (secondary N) is 2. The van der Waals surface area contributed by atoms with Crippen molar-refractivity contribution in [3.8, 4) is 0 Å². The number of anilines is 2. The van der Waals surface area contributed by atoms with Gasteiger partial charge in [0.05, 0.1) is 10.0 Å². The van der Waals surface area contributed by atoms with Crippen LogP contribution in [0.2, 0.25) is 10.0 Å². The van der Waals surface area contributed by atoms with E-state index < -0.39 is 6.03 Å². The number of carbonyl (C=O) groups is 1. The third-order valence-electron chi connectivity index (χ3n) is 3.17. The van der Waals surface area contributed by atoms with Gasteiger partial charge in [-0.05, 0) is 31.0 Å². The lowest BCUT2D eigenvalue weighted by Gasteiger charge is -2.07. The number of aromatic nitrogens is 2. The summed E-state index contributed by atoms with van der Waals surface area (Å²) in [5.74, 6) is 0.381. The van der Waals surface area contributed by atoms with Gasteiger partial charge in [0.1, 0.15) is 5.01 Å². The molecule has 0 atom stereocenters. The van der Waals surface area contributed by atoms with Crippen LogP contribution in [0.3, 0.4) is 0 Å². The maximum absolute atomic E-state index is 11.9. The van der Waals surface area contributed by atoms with Crippen molar-refractivity contribution in [3.63, 3.8) is 0 Å². The first-order valence-corrected chi connectivity index (χ1v) is 8.47. The van der Waals surface area contributed by atoms with Gasteiger partial charge >= 0.3 is 6.03 Å². The molecule has 0 spiro atoms.